The van der Waals surface area contributed by atoms with E-state index in [1.807, 2.05) is 11.8 Å². The third-order valence-electron chi connectivity index (χ3n) is 5.57. The lowest BCUT2D eigenvalue weighted by Gasteiger charge is -2.33. The highest BCUT2D eigenvalue weighted by molar-refractivity contribution is 6.07. The summed E-state index contributed by atoms with van der Waals surface area (Å²) in [5.41, 5.74) is 0.796. The molecule has 0 N–H and O–H groups in total. The Hall–Kier alpha value is -2.89. The molecule has 0 spiro atoms. The fourth-order valence-electron chi connectivity index (χ4n) is 4.00. The van der Waals surface area contributed by atoms with Crippen molar-refractivity contribution in [1.29, 1.82) is 0 Å². The molecule has 3 aromatic rings. The number of hydrogen-bond donors (Lipinski definition) is 0. The lowest BCUT2D eigenvalue weighted by atomic mass is 10.0. The lowest BCUT2D eigenvalue weighted by Crippen LogP contribution is -2.42. The Labute approximate surface area is 162 Å². The summed E-state index contributed by atoms with van der Waals surface area (Å²) in [4.78, 5) is 28.2. The van der Waals surface area contributed by atoms with Gasteiger partial charge in [0.05, 0.1) is 17.5 Å². The highest BCUT2D eigenvalue weighted by Gasteiger charge is 2.30. The van der Waals surface area contributed by atoms with Gasteiger partial charge in [0.15, 0.2) is 0 Å². The maximum atomic E-state index is 14.0. The van der Waals surface area contributed by atoms with Crippen molar-refractivity contribution in [2.75, 3.05) is 6.54 Å². The molecule has 3 heterocycles. The molecule has 4 rings (SSSR count). The number of hydrogen-bond acceptors (Lipinski definition) is 3. The molecule has 1 aliphatic heterocycles. The van der Waals surface area contributed by atoms with Gasteiger partial charge in [-0.3, -0.25) is 9.59 Å². The van der Waals surface area contributed by atoms with Crippen LogP contribution in [0.4, 0.5) is 4.39 Å². The molecule has 146 valence electrons. The Balaban J connectivity index is 1.80. The largest absolute Gasteiger partial charge is 0.460 e. The van der Waals surface area contributed by atoms with Gasteiger partial charge in [0.1, 0.15) is 17.2 Å². The summed E-state index contributed by atoms with van der Waals surface area (Å²) in [5, 5.41) is 0.277. The lowest BCUT2D eigenvalue weighted by molar-refractivity contribution is 0.0635. The topological polar surface area (TPSA) is 55.5 Å². The monoisotopic (exact) mass is 382 g/mol. The van der Waals surface area contributed by atoms with Crippen molar-refractivity contribution in [3.05, 3.63) is 69.6 Å². The number of aryl methyl sites for hydroxylation is 1. The Morgan fingerprint density at radius 3 is 2.79 bits per heavy atom. The number of fused-ring (bicyclic) bond motifs is 1. The molecule has 1 amide bonds. The van der Waals surface area contributed by atoms with E-state index in [2.05, 4.69) is 0 Å². The van der Waals surface area contributed by atoms with Gasteiger partial charge in [-0.2, -0.15) is 0 Å². The molecule has 28 heavy (non-hydrogen) atoms. The molecule has 6 heteroatoms. The standard InChI is InChI=1S/C22H23FN2O3/c1-14-7-5-6-11-25(14)22(27)19-15(2)28-18-10-12-24(21(26)20(18)19)13-16-8-3-4-9-17(16)23/h3-4,8-10,12,14H,5-7,11,13H2,1-2H3/t14-/m1/s1. The van der Waals surface area contributed by atoms with Gasteiger partial charge in [0.25, 0.3) is 11.5 Å². The van der Waals surface area contributed by atoms with Gasteiger partial charge in [-0.25, -0.2) is 4.39 Å². The highest BCUT2D eigenvalue weighted by atomic mass is 19.1. The first-order valence-corrected chi connectivity index (χ1v) is 9.64. The van der Waals surface area contributed by atoms with Crippen LogP contribution in [0.3, 0.4) is 0 Å². The van der Waals surface area contributed by atoms with Crippen LogP contribution in [0, 0.1) is 12.7 Å². The number of aromatic nitrogens is 1. The number of furan rings is 1. The summed E-state index contributed by atoms with van der Waals surface area (Å²) in [6.07, 6.45) is 4.60. The number of pyridine rings is 1. The summed E-state index contributed by atoms with van der Waals surface area (Å²) < 4.78 is 21.2. The Bertz CT molecular complexity index is 1100. The molecule has 1 saturated heterocycles. The number of carbonyl (C=O) groups is 1. The number of amides is 1. The van der Waals surface area contributed by atoms with Crippen molar-refractivity contribution in [1.82, 2.24) is 9.47 Å². The fourth-order valence-corrected chi connectivity index (χ4v) is 4.00. The van der Waals surface area contributed by atoms with Crippen LogP contribution in [0.5, 0.6) is 0 Å². The molecule has 0 radical (unpaired) electrons. The second-order valence-corrected chi connectivity index (χ2v) is 7.46. The van der Waals surface area contributed by atoms with E-state index in [0.717, 1.165) is 19.3 Å². The van der Waals surface area contributed by atoms with E-state index in [1.54, 1.807) is 37.4 Å². The maximum absolute atomic E-state index is 14.0. The molecule has 0 bridgehead atoms. The summed E-state index contributed by atoms with van der Waals surface area (Å²) in [6.45, 7) is 4.52. The smallest absolute Gasteiger partial charge is 0.262 e. The van der Waals surface area contributed by atoms with Crippen molar-refractivity contribution in [3.63, 3.8) is 0 Å². The first-order chi connectivity index (χ1) is 13.5. The third kappa shape index (κ3) is 3.13. The molecule has 0 saturated carbocycles. The Morgan fingerprint density at radius 2 is 2.04 bits per heavy atom. The van der Waals surface area contributed by atoms with Crippen LogP contribution in [0.25, 0.3) is 11.0 Å². The van der Waals surface area contributed by atoms with Gasteiger partial charge in [-0.1, -0.05) is 18.2 Å². The van der Waals surface area contributed by atoms with Crippen LogP contribution >= 0.6 is 0 Å². The minimum atomic E-state index is -0.365. The third-order valence-corrected chi connectivity index (χ3v) is 5.57. The fraction of sp³-hybridized carbons (Fsp3) is 0.364. The molecular formula is C22H23FN2O3. The minimum Gasteiger partial charge on any atom is -0.460 e. The second-order valence-electron chi connectivity index (χ2n) is 7.46. The number of piperidine rings is 1. The summed E-state index contributed by atoms with van der Waals surface area (Å²) in [7, 11) is 0. The van der Waals surface area contributed by atoms with E-state index in [1.165, 1.54) is 10.6 Å². The number of nitrogens with zero attached hydrogens (tertiary/aromatic N) is 2. The number of halogens is 1. The first-order valence-electron chi connectivity index (χ1n) is 9.64. The van der Waals surface area contributed by atoms with Crippen LogP contribution in [-0.4, -0.2) is 28.0 Å². The molecule has 0 unspecified atom stereocenters. The van der Waals surface area contributed by atoms with Gasteiger partial charge in [0, 0.05) is 24.3 Å². The molecule has 1 fully saturated rings. The predicted octanol–water partition coefficient (Wildman–Crippen LogP) is 4.10. The summed E-state index contributed by atoms with van der Waals surface area (Å²) >= 11 is 0. The van der Waals surface area contributed by atoms with E-state index in [4.69, 9.17) is 4.42 Å². The minimum absolute atomic E-state index is 0.0966. The van der Waals surface area contributed by atoms with Crippen LogP contribution in [0.1, 0.15) is 47.9 Å². The van der Waals surface area contributed by atoms with Gasteiger partial charge in [-0.15, -0.1) is 0 Å². The average Bonchev–Trinajstić information content (AvgIpc) is 3.02. The van der Waals surface area contributed by atoms with Crippen LogP contribution < -0.4 is 5.56 Å². The van der Waals surface area contributed by atoms with Crippen molar-refractivity contribution in [2.45, 2.75) is 45.7 Å². The van der Waals surface area contributed by atoms with E-state index >= 15 is 0 Å². The number of likely N-dealkylation sites (tertiary alicyclic amines) is 1. The quantitative estimate of drug-likeness (QED) is 0.685. The SMILES string of the molecule is Cc1oc2ccn(Cc3ccccc3F)c(=O)c2c1C(=O)N1CCCC[C@H]1C. The van der Waals surface area contributed by atoms with Gasteiger partial charge < -0.3 is 13.9 Å². The Morgan fingerprint density at radius 1 is 1.25 bits per heavy atom. The normalized spacial score (nSPS) is 17.2. The molecule has 1 atom stereocenters. The van der Waals surface area contributed by atoms with Crippen molar-refractivity contribution < 1.29 is 13.6 Å². The molecule has 1 aliphatic rings. The van der Waals surface area contributed by atoms with E-state index in [-0.39, 0.29) is 35.3 Å². The van der Waals surface area contributed by atoms with Crippen LogP contribution in [-0.2, 0) is 6.54 Å². The highest BCUT2D eigenvalue weighted by Crippen LogP contribution is 2.27. The summed E-state index contributed by atoms with van der Waals surface area (Å²) in [6, 6.07) is 8.16. The van der Waals surface area contributed by atoms with E-state index in [0.29, 0.717) is 29.0 Å². The first kappa shape index (κ1) is 18.5. The Kier molecular flexibility index (Phi) is 4.79. The van der Waals surface area contributed by atoms with Crippen molar-refractivity contribution in [3.8, 4) is 0 Å². The van der Waals surface area contributed by atoms with E-state index < -0.39 is 0 Å². The summed E-state index contributed by atoms with van der Waals surface area (Å²) in [5.74, 6) is -0.0842. The zero-order valence-corrected chi connectivity index (χ0v) is 16.1. The number of benzene rings is 1. The zero-order chi connectivity index (χ0) is 19.8. The molecule has 0 aliphatic carbocycles. The van der Waals surface area contributed by atoms with Crippen LogP contribution in [0.2, 0.25) is 0 Å². The van der Waals surface area contributed by atoms with Gasteiger partial charge in [-0.05, 0) is 45.2 Å². The zero-order valence-electron chi connectivity index (χ0n) is 16.1. The number of carbonyl (C=O) groups excluding carboxylic acids is 1. The van der Waals surface area contributed by atoms with Crippen LogP contribution in [0.15, 0.2) is 45.7 Å². The number of rotatable bonds is 3. The van der Waals surface area contributed by atoms with Crippen molar-refractivity contribution >= 4 is 16.9 Å². The van der Waals surface area contributed by atoms with E-state index in [9.17, 15) is 14.0 Å². The second kappa shape index (κ2) is 7.26. The van der Waals surface area contributed by atoms with Gasteiger partial charge in [0.2, 0.25) is 0 Å². The van der Waals surface area contributed by atoms with Gasteiger partial charge >= 0.3 is 0 Å². The molecular weight excluding hydrogens is 359 g/mol. The van der Waals surface area contributed by atoms with Crippen molar-refractivity contribution in [2.24, 2.45) is 0 Å². The maximum Gasteiger partial charge on any atom is 0.262 e. The predicted molar refractivity (Wildman–Crippen MR) is 105 cm³/mol. The molecule has 5 nitrogen and oxygen atoms in total. The average molecular weight is 382 g/mol. The molecule has 2 aromatic heterocycles. The molecule has 1 aromatic carbocycles.